The minimum atomic E-state index is -2.84. The molecule has 49 heavy (non-hydrogen) atoms. The van der Waals surface area contributed by atoms with E-state index in [9.17, 15) is 0 Å². The number of pyridine rings is 3. The quantitative estimate of drug-likeness (QED) is 0.166. The summed E-state index contributed by atoms with van der Waals surface area (Å²) < 4.78 is 90.2. The Morgan fingerprint density at radius 1 is 0.653 bits per heavy atom. The maximum Gasteiger partial charge on any atom is 0.0280 e. The Bertz CT molecular complexity index is 2630. The molecule has 4 aromatic carbocycles. The zero-order valence-electron chi connectivity index (χ0n) is 39.2. The van der Waals surface area contributed by atoms with E-state index in [0.717, 1.165) is 40.5 Å². The minimum absolute atomic E-state index is 0. The normalized spacial score (nSPS) is 15.7. The van der Waals surface area contributed by atoms with Crippen LogP contribution in [0.1, 0.15) is 65.3 Å². The summed E-state index contributed by atoms with van der Waals surface area (Å²) in [5.41, 5.74) is 5.63. The van der Waals surface area contributed by atoms with E-state index in [1.807, 2.05) is 12.3 Å². The van der Waals surface area contributed by atoms with Crippen LogP contribution in [0.5, 0.6) is 0 Å². The van der Waals surface area contributed by atoms with Gasteiger partial charge in [0.05, 0.1) is 0 Å². The fourth-order valence-electron chi connectivity index (χ4n) is 5.44. The number of nitrogens with zero attached hydrogens (tertiary/aromatic N) is 3. The molecule has 0 fully saturated rings. The molecule has 4 heteroatoms. The summed E-state index contributed by atoms with van der Waals surface area (Å²) in [6.45, 7) is -4.26. The molecule has 0 spiro atoms. The Balaban J connectivity index is 0.000000230. The topological polar surface area (TPSA) is 38.7 Å². The van der Waals surface area contributed by atoms with Crippen molar-refractivity contribution in [3.63, 3.8) is 0 Å². The Morgan fingerprint density at radius 2 is 1.37 bits per heavy atom. The van der Waals surface area contributed by atoms with Crippen LogP contribution in [0.3, 0.4) is 0 Å². The van der Waals surface area contributed by atoms with E-state index in [-0.39, 0.29) is 36.8 Å². The van der Waals surface area contributed by atoms with Gasteiger partial charge in [0.15, 0.2) is 0 Å². The first-order valence-corrected chi connectivity index (χ1v) is 15.4. The van der Waals surface area contributed by atoms with E-state index in [1.54, 1.807) is 0 Å². The number of fused-ring (bicyclic) bond motifs is 1. The molecule has 0 aliphatic carbocycles. The van der Waals surface area contributed by atoms with Crippen LogP contribution in [0.4, 0.5) is 0 Å². The molecule has 0 amide bonds. The average Bonchev–Trinajstić information content (AvgIpc) is 3.19. The molecular weight excluding hydrogens is 775 g/mol. The van der Waals surface area contributed by atoms with Gasteiger partial charge in [0.1, 0.15) is 0 Å². The van der Waals surface area contributed by atoms with Crippen LogP contribution in [0.15, 0.2) is 122 Å². The SMILES string of the molecule is CC(C)(C)c1cc(-c2cc(-c3ccc(-c4ccccc4)cc3)ccn2)[c-]c2ccccc12.[2H]C([2H])([2H])c1c[c-]c(-c2cc(C([2H])([2H])[2H])c(C([2H])([2H])[2H])cn2)c(C([2H])([2H])[2H])n1.[Ir]. The fraction of sp³-hybridized carbons (Fsp3) is 0.178. The number of hydrogen-bond donors (Lipinski definition) is 0. The third-order valence-electron chi connectivity index (χ3n) is 7.93. The molecule has 3 nitrogen and oxygen atoms in total. The second-order valence-corrected chi connectivity index (χ2v) is 12.4. The molecule has 0 aliphatic heterocycles. The van der Waals surface area contributed by atoms with Crippen molar-refractivity contribution >= 4 is 10.8 Å². The fourth-order valence-corrected chi connectivity index (χ4v) is 5.44. The van der Waals surface area contributed by atoms with Gasteiger partial charge in [0.25, 0.3) is 0 Å². The van der Waals surface area contributed by atoms with Crippen molar-refractivity contribution in [2.45, 2.75) is 53.6 Å². The molecule has 247 valence electrons. The van der Waals surface area contributed by atoms with Crippen LogP contribution in [-0.2, 0) is 25.5 Å². The van der Waals surface area contributed by atoms with Crippen LogP contribution in [0, 0.1) is 39.5 Å². The third kappa shape index (κ3) is 8.28. The summed E-state index contributed by atoms with van der Waals surface area (Å²) in [5.74, 6) is 0. The molecule has 7 rings (SSSR count). The van der Waals surface area contributed by atoms with Gasteiger partial charge >= 0.3 is 0 Å². The van der Waals surface area contributed by atoms with Crippen molar-refractivity contribution in [3.8, 4) is 44.8 Å². The first kappa shape index (κ1) is 22.8. The van der Waals surface area contributed by atoms with Crippen molar-refractivity contribution in [1.82, 2.24) is 15.0 Å². The van der Waals surface area contributed by atoms with Crippen molar-refractivity contribution in [3.05, 3.63) is 162 Å². The van der Waals surface area contributed by atoms with E-state index in [0.29, 0.717) is 0 Å². The molecule has 1 radical (unpaired) electrons. The minimum Gasteiger partial charge on any atom is -0.354 e. The Labute approximate surface area is 321 Å². The third-order valence-corrected chi connectivity index (χ3v) is 7.93. The van der Waals surface area contributed by atoms with Crippen molar-refractivity contribution < 1.29 is 36.6 Å². The molecule has 0 bridgehead atoms. The average molecular weight is 828 g/mol. The monoisotopic (exact) mass is 828 g/mol. The standard InChI is InChI=1S/C31H26N.C14H15N2.Ir/c1-31(2,3)29-20-27(19-26-11-7-8-12-28(26)29)30-21-25(17-18-32-30)24-15-13-23(14-16-24)22-9-5-4-6-10-22;1-9-7-14(15-8-10(9)2)13-6-5-11(3)16-12(13)4;/h4-18,20-21H,1-3H3;5,7-8H,1-4H3;/q2*-1;/i;1D3,2D3,3D3,4D3;. The van der Waals surface area contributed by atoms with Crippen molar-refractivity contribution in [2.75, 3.05) is 0 Å². The zero-order valence-corrected chi connectivity index (χ0v) is 29.6. The Hall–Kier alpha value is -4.76. The van der Waals surface area contributed by atoms with Crippen LogP contribution in [-0.4, -0.2) is 15.0 Å². The summed E-state index contributed by atoms with van der Waals surface area (Å²) in [5, 5.41) is 2.39. The van der Waals surface area contributed by atoms with Gasteiger partial charge in [-0.05, 0) is 70.1 Å². The second-order valence-electron chi connectivity index (χ2n) is 12.4. The van der Waals surface area contributed by atoms with E-state index in [2.05, 4.69) is 134 Å². The summed E-state index contributed by atoms with van der Waals surface area (Å²) >= 11 is 0. The van der Waals surface area contributed by atoms with Gasteiger partial charge in [0.2, 0.25) is 0 Å². The van der Waals surface area contributed by atoms with Gasteiger partial charge in [0, 0.05) is 54.6 Å². The van der Waals surface area contributed by atoms with Gasteiger partial charge in [-0.1, -0.05) is 136 Å². The van der Waals surface area contributed by atoms with Crippen molar-refractivity contribution in [2.24, 2.45) is 0 Å². The summed E-state index contributed by atoms with van der Waals surface area (Å²) in [6, 6.07) is 42.3. The zero-order chi connectivity index (χ0) is 43.8. The van der Waals surface area contributed by atoms with Crippen LogP contribution in [0.25, 0.3) is 55.5 Å². The Kier molecular flexibility index (Phi) is 7.07. The molecule has 0 atom stereocenters. The maximum atomic E-state index is 7.62. The van der Waals surface area contributed by atoms with Crippen LogP contribution < -0.4 is 0 Å². The summed E-state index contributed by atoms with van der Waals surface area (Å²) in [7, 11) is 0. The van der Waals surface area contributed by atoms with Gasteiger partial charge < -0.3 is 9.97 Å². The first-order chi connectivity index (χ1) is 27.9. The smallest absolute Gasteiger partial charge is 0.0280 e. The molecule has 0 N–H and O–H groups in total. The van der Waals surface area contributed by atoms with Gasteiger partial charge in [-0.2, -0.15) is 0 Å². The number of benzene rings is 4. The van der Waals surface area contributed by atoms with E-state index < -0.39 is 49.9 Å². The van der Waals surface area contributed by atoms with Crippen LogP contribution in [0.2, 0.25) is 0 Å². The van der Waals surface area contributed by atoms with E-state index in [1.165, 1.54) is 27.6 Å². The molecule has 7 aromatic rings. The number of aryl methyl sites for hydroxylation is 4. The van der Waals surface area contributed by atoms with E-state index in [4.69, 9.17) is 21.4 Å². The number of rotatable bonds is 4. The molecule has 0 aliphatic rings. The summed E-state index contributed by atoms with van der Waals surface area (Å²) in [4.78, 5) is 12.3. The van der Waals surface area contributed by atoms with Gasteiger partial charge in [-0.25, -0.2) is 0 Å². The maximum absolute atomic E-state index is 7.62. The van der Waals surface area contributed by atoms with Crippen molar-refractivity contribution in [1.29, 1.82) is 0 Å². The molecule has 3 aromatic heterocycles. The molecule has 3 heterocycles. The van der Waals surface area contributed by atoms with Gasteiger partial charge in [-0.15, -0.1) is 46.8 Å². The largest absolute Gasteiger partial charge is 0.354 e. The predicted molar refractivity (Wildman–Crippen MR) is 201 cm³/mol. The van der Waals surface area contributed by atoms with Gasteiger partial charge in [-0.3, -0.25) is 4.98 Å². The predicted octanol–water partition coefficient (Wildman–Crippen LogP) is 11.5. The first-order valence-electron chi connectivity index (χ1n) is 21.4. The van der Waals surface area contributed by atoms with E-state index >= 15 is 0 Å². The molecule has 0 unspecified atom stereocenters. The summed E-state index contributed by atoms with van der Waals surface area (Å²) in [6.07, 6.45) is 2.74. The molecular formula is C45H41IrN3-2. The molecule has 0 saturated heterocycles. The second kappa shape index (κ2) is 15.2. The number of hydrogen-bond acceptors (Lipinski definition) is 3. The Morgan fingerprint density at radius 3 is 2.08 bits per heavy atom. The number of aromatic nitrogens is 3. The molecule has 0 saturated carbocycles. The van der Waals surface area contributed by atoms with Crippen LogP contribution >= 0.6 is 0 Å².